The molecule has 1 rings (SSSR count). The van der Waals surface area contributed by atoms with Crippen LogP contribution in [0, 0.1) is 0 Å². The highest BCUT2D eigenvalue weighted by Crippen LogP contribution is 2.19. The topological polar surface area (TPSA) is 98.7 Å². The lowest BCUT2D eigenvalue weighted by Gasteiger charge is -2.34. The van der Waals surface area contributed by atoms with E-state index in [-0.39, 0.29) is 43.4 Å². The van der Waals surface area contributed by atoms with Gasteiger partial charge < -0.3 is 20.6 Å². The molecule has 1 fully saturated rings. The Balaban J connectivity index is 2.38. The van der Waals surface area contributed by atoms with Crippen LogP contribution in [-0.2, 0) is 9.59 Å². The van der Waals surface area contributed by atoms with Gasteiger partial charge in [-0.05, 0) is 33.1 Å². The van der Waals surface area contributed by atoms with Gasteiger partial charge in [0.05, 0.1) is 6.42 Å². The van der Waals surface area contributed by atoms with Gasteiger partial charge in [-0.2, -0.15) is 0 Å². The average molecular weight is 299 g/mol. The first kappa shape index (κ1) is 17.3. The number of carbonyl (C=O) groups excluding carboxylic acids is 2. The van der Waals surface area contributed by atoms with E-state index in [4.69, 9.17) is 5.11 Å². The quantitative estimate of drug-likeness (QED) is 0.679. The number of likely N-dealkylation sites (tertiary alicyclic amines) is 1. The zero-order valence-electron chi connectivity index (χ0n) is 12.7. The van der Waals surface area contributed by atoms with Gasteiger partial charge in [-0.1, -0.05) is 0 Å². The van der Waals surface area contributed by atoms with Crippen molar-refractivity contribution < 1.29 is 19.5 Å². The second-order valence-corrected chi connectivity index (χ2v) is 5.65. The summed E-state index contributed by atoms with van der Waals surface area (Å²) in [6.07, 6.45) is 2.74. The van der Waals surface area contributed by atoms with Crippen LogP contribution in [0.15, 0.2) is 0 Å². The highest BCUT2D eigenvalue weighted by molar-refractivity contribution is 5.79. The summed E-state index contributed by atoms with van der Waals surface area (Å²) in [5.41, 5.74) is 0. The molecule has 1 aliphatic rings. The van der Waals surface area contributed by atoms with Crippen molar-refractivity contribution in [2.75, 3.05) is 13.1 Å². The maximum absolute atomic E-state index is 12.1. The van der Waals surface area contributed by atoms with E-state index in [9.17, 15) is 14.4 Å². The molecule has 120 valence electrons. The Morgan fingerprint density at radius 3 is 2.62 bits per heavy atom. The first-order chi connectivity index (χ1) is 9.90. The van der Waals surface area contributed by atoms with Crippen molar-refractivity contribution in [2.45, 2.75) is 58.0 Å². The average Bonchev–Trinajstić information content (AvgIpc) is 2.37. The van der Waals surface area contributed by atoms with Crippen LogP contribution in [0.1, 0.15) is 46.0 Å². The molecule has 1 unspecified atom stereocenters. The van der Waals surface area contributed by atoms with E-state index in [1.165, 1.54) is 0 Å². The van der Waals surface area contributed by atoms with E-state index < -0.39 is 5.97 Å². The molecule has 0 bridgehead atoms. The number of aliphatic carboxylic acids is 1. The number of nitrogens with zero attached hydrogens (tertiary/aromatic N) is 1. The van der Waals surface area contributed by atoms with E-state index in [0.29, 0.717) is 13.0 Å². The van der Waals surface area contributed by atoms with Crippen LogP contribution < -0.4 is 10.6 Å². The number of carboxylic acids is 1. The van der Waals surface area contributed by atoms with Crippen LogP contribution in [0.25, 0.3) is 0 Å². The van der Waals surface area contributed by atoms with Gasteiger partial charge in [0.1, 0.15) is 0 Å². The molecule has 0 spiro atoms. The monoisotopic (exact) mass is 299 g/mol. The summed E-state index contributed by atoms with van der Waals surface area (Å²) in [6.45, 7) is 4.58. The number of nitrogens with one attached hydrogen (secondary N) is 2. The van der Waals surface area contributed by atoms with Gasteiger partial charge in [0.2, 0.25) is 5.91 Å². The molecule has 7 heteroatoms. The Labute approximate surface area is 125 Å². The number of hydrogen-bond donors (Lipinski definition) is 3. The van der Waals surface area contributed by atoms with Gasteiger partial charge in [-0.3, -0.25) is 9.59 Å². The fraction of sp³-hybridized carbons (Fsp3) is 0.786. The summed E-state index contributed by atoms with van der Waals surface area (Å²) in [4.78, 5) is 36.0. The molecule has 0 aromatic carbocycles. The summed E-state index contributed by atoms with van der Waals surface area (Å²) in [5, 5.41) is 14.3. The highest BCUT2D eigenvalue weighted by atomic mass is 16.4. The van der Waals surface area contributed by atoms with Gasteiger partial charge in [0, 0.05) is 31.6 Å². The van der Waals surface area contributed by atoms with Crippen molar-refractivity contribution in [1.29, 1.82) is 0 Å². The van der Waals surface area contributed by atoms with Crippen molar-refractivity contribution in [3.63, 3.8) is 0 Å². The Morgan fingerprint density at radius 2 is 2.00 bits per heavy atom. The molecule has 0 aromatic heterocycles. The third-order valence-electron chi connectivity index (χ3n) is 3.38. The number of carboxylic acid groups (broad SMARTS) is 1. The predicted octanol–water partition coefficient (Wildman–Crippen LogP) is 0.940. The third kappa shape index (κ3) is 6.46. The lowest BCUT2D eigenvalue weighted by atomic mass is 10.00. The van der Waals surface area contributed by atoms with Crippen LogP contribution in [-0.4, -0.2) is 53.1 Å². The van der Waals surface area contributed by atoms with Crippen LogP contribution in [0.2, 0.25) is 0 Å². The molecule has 3 N–H and O–H groups in total. The van der Waals surface area contributed by atoms with Gasteiger partial charge in [0.25, 0.3) is 0 Å². The second kappa shape index (κ2) is 8.49. The maximum Gasteiger partial charge on any atom is 0.317 e. The minimum absolute atomic E-state index is 0.0265. The highest BCUT2D eigenvalue weighted by Gasteiger charge is 2.28. The SMILES string of the molecule is CC(C)NC(=O)CCNC(=O)N1CCCCC1CC(=O)O. The lowest BCUT2D eigenvalue weighted by molar-refractivity contribution is -0.138. The predicted molar refractivity (Wildman–Crippen MR) is 77.9 cm³/mol. The maximum atomic E-state index is 12.1. The minimum Gasteiger partial charge on any atom is -0.481 e. The molecule has 1 atom stereocenters. The van der Waals surface area contributed by atoms with Crippen LogP contribution in [0.3, 0.4) is 0 Å². The van der Waals surface area contributed by atoms with E-state index in [2.05, 4.69) is 10.6 Å². The van der Waals surface area contributed by atoms with Gasteiger partial charge in [-0.15, -0.1) is 0 Å². The zero-order chi connectivity index (χ0) is 15.8. The van der Waals surface area contributed by atoms with Crippen molar-refractivity contribution in [2.24, 2.45) is 0 Å². The second-order valence-electron chi connectivity index (χ2n) is 5.65. The number of rotatable bonds is 6. The molecule has 0 radical (unpaired) electrons. The largest absolute Gasteiger partial charge is 0.481 e. The molecule has 0 aromatic rings. The summed E-state index contributed by atoms with van der Waals surface area (Å²) >= 11 is 0. The summed E-state index contributed by atoms with van der Waals surface area (Å²) in [7, 11) is 0. The Hall–Kier alpha value is -1.79. The molecule has 1 heterocycles. The van der Waals surface area contributed by atoms with Crippen molar-refractivity contribution in [3.05, 3.63) is 0 Å². The number of urea groups is 1. The molecule has 0 aliphatic carbocycles. The van der Waals surface area contributed by atoms with Crippen molar-refractivity contribution >= 4 is 17.9 Å². The van der Waals surface area contributed by atoms with E-state index >= 15 is 0 Å². The molecule has 21 heavy (non-hydrogen) atoms. The molecule has 3 amide bonds. The minimum atomic E-state index is -0.893. The molecule has 1 saturated heterocycles. The van der Waals surface area contributed by atoms with Gasteiger partial charge >= 0.3 is 12.0 Å². The first-order valence-electron chi connectivity index (χ1n) is 7.45. The molecular weight excluding hydrogens is 274 g/mol. The van der Waals surface area contributed by atoms with Crippen LogP contribution in [0.4, 0.5) is 4.79 Å². The lowest BCUT2D eigenvalue weighted by Crippen LogP contribution is -2.49. The van der Waals surface area contributed by atoms with Gasteiger partial charge in [-0.25, -0.2) is 4.79 Å². The number of hydrogen-bond acceptors (Lipinski definition) is 3. The smallest absolute Gasteiger partial charge is 0.317 e. The molecule has 1 aliphatic heterocycles. The Morgan fingerprint density at radius 1 is 1.29 bits per heavy atom. The molecular formula is C14H25N3O4. The van der Waals surface area contributed by atoms with E-state index in [1.807, 2.05) is 13.8 Å². The molecule has 0 saturated carbocycles. The summed E-state index contributed by atoms with van der Waals surface area (Å²) < 4.78 is 0. The fourth-order valence-electron chi connectivity index (χ4n) is 2.46. The van der Waals surface area contributed by atoms with E-state index in [1.54, 1.807) is 4.90 Å². The van der Waals surface area contributed by atoms with Gasteiger partial charge in [0.15, 0.2) is 0 Å². The third-order valence-corrected chi connectivity index (χ3v) is 3.38. The number of amides is 3. The Bertz CT molecular complexity index is 384. The van der Waals surface area contributed by atoms with Crippen molar-refractivity contribution in [3.8, 4) is 0 Å². The fourth-order valence-corrected chi connectivity index (χ4v) is 2.46. The normalized spacial score (nSPS) is 18.4. The first-order valence-corrected chi connectivity index (χ1v) is 7.45. The van der Waals surface area contributed by atoms with E-state index in [0.717, 1.165) is 12.8 Å². The Kier molecular flexibility index (Phi) is 6.98. The number of carbonyl (C=O) groups is 3. The number of piperidine rings is 1. The summed E-state index contributed by atoms with van der Waals surface area (Å²) in [6, 6.07) is -0.450. The summed E-state index contributed by atoms with van der Waals surface area (Å²) in [5.74, 6) is -0.998. The van der Waals surface area contributed by atoms with Crippen molar-refractivity contribution in [1.82, 2.24) is 15.5 Å². The van der Waals surface area contributed by atoms with Crippen LogP contribution >= 0.6 is 0 Å². The molecule has 7 nitrogen and oxygen atoms in total. The standard InChI is InChI=1S/C14H25N3O4/c1-10(2)16-12(18)6-7-15-14(21)17-8-4-3-5-11(17)9-13(19)20/h10-11H,3-9H2,1-2H3,(H,15,21)(H,16,18)(H,19,20). The van der Waals surface area contributed by atoms with Crippen LogP contribution in [0.5, 0.6) is 0 Å². The zero-order valence-corrected chi connectivity index (χ0v) is 12.7.